The molecular formula is C14H15ClF3N3O6S. The lowest BCUT2D eigenvalue weighted by Crippen LogP contribution is -2.44. The Bertz CT molecular complexity index is 874. The molecule has 0 unspecified atom stereocenters. The number of ether oxygens (including phenoxy) is 1. The first-order valence-corrected chi connectivity index (χ1v) is 9.09. The lowest BCUT2D eigenvalue weighted by molar-refractivity contribution is -0.125. The van der Waals surface area contributed by atoms with Gasteiger partial charge in [-0.05, 0) is 18.2 Å². The van der Waals surface area contributed by atoms with Crippen molar-refractivity contribution in [1.82, 2.24) is 14.9 Å². The second-order valence-electron chi connectivity index (χ2n) is 5.35. The van der Waals surface area contributed by atoms with E-state index in [9.17, 15) is 36.0 Å². The number of imide groups is 1. The minimum atomic E-state index is -4.67. The van der Waals surface area contributed by atoms with Crippen molar-refractivity contribution in [2.24, 2.45) is 0 Å². The minimum absolute atomic E-state index is 0.161. The van der Waals surface area contributed by atoms with Crippen LogP contribution in [-0.4, -0.2) is 64.1 Å². The number of hydrogen-bond acceptors (Lipinski definition) is 6. The Morgan fingerprint density at radius 1 is 1.21 bits per heavy atom. The van der Waals surface area contributed by atoms with E-state index in [1.54, 1.807) is 0 Å². The molecule has 0 radical (unpaired) electrons. The van der Waals surface area contributed by atoms with Gasteiger partial charge in [-0.3, -0.25) is 10.1 Å². The smallest absolute Gasteiger partial charge is 0.405 e. The zero-order valence-corrected chi connectivity index (χ0v) is 16.0. The number of carbonyl (C=O) groups is 3. The van der Waals surface area contributed by atoms with E-state index >= 15 is 0 Å². The summed E-state index contributed by atoms with van der Waals surface area (Å²) in [6, 6.07) is 1.80. The molecule has 1 aromatic carbocycles. The second-order valence-corrected chi connectivity index (χ2v) is 7.91. The van der Waals surface area contributed by atoms with Gasteiger partial charge in [0, 0.05) is 14.1 Å². The summed E-state index contributed by atoms with van der Waals surface area (Å²) in [6.07, 6.45) is -4.67. The normalized spacial score (nSPS) is 11.8. The molecule has 9 nitrogen and oxygen atoms in total. The van der Waals surface area contributed by atoms with Gasteiger partial charge in [-0.2, -0.15) is 13.2 Å². The highest BCUT2D eigenvalue weighted by Crippen LogP contribution is 2.22. The standard InChI is InChI=1S/C14H15ClF3N3O6S/c1-21(2)28(25,26)8-3-4-10(15)9(5-8)12(23)27-6-11(22)20-13(24)19-7-14(16,17)18/h3-5H,6-7H2,1-2H3,(H2,19,20,22,24). The molecule has 0 heterocycles. The fourth-order valence-corrected chi connectivity index (χ4v) is 2.75. The highest BCUT2D eigenvalue weighted by Gasteiger charge is 2.28. The molecule has 28 heavy (non-hydrogen) atoms. The van der Waals surface area contributed by atoms with Gasteiger partial charge in [0.15, 0.2) is 6.61 Å². The number of rotatable bonds is 6. The van der Waals surface area contributed by atoms with E-state index in [4.69, 9.17) is 11.6 Å². The summed E-state index contributed by atoms with van der Waals surface area (Å²) in [6.45, 7) is -2.67. The van der Waals surface area contributed by atoms with Gasteiger partial charge in [0.1, 0.15) is 6.54 Å². The maximum atomic E-state index is 12.1. The number of halogens is 4. The van der Waals surface area contributed by atoms with Crippen molar-refractivity contribution >= 4 is 39.5 Å². The Morgan fingerprint density at radius 2 is 1.82 bits per heavy atom. The number of urea groups is 1. The number of benzene rings is 1. The summed E-state index contributed by atoms with van der Waals surface area (Å²) in [4.78, 5) is 34.3. The summed E-state index contributed by atoms with van der Waals surface area (Å²) >= 11 is 5.82. The molecular weight excluding hydrogens is 431 g/mol. The average molecular weight is 446 g/mol. The molecule has 14 heteroatoms. The SMILES string of the molecule is CN(C)S(=O)(=O)c1ccc(Cl)c(C(=O)OCC(=O)NC(=O)NCC(F)(F)F)c1. The van der Waals surface area contributed by atoms with Crippen molar-refractivity contribution in [3.63, 3.8) is 0 Å². The van der Waals surface area contributed by atoms with Crippen LogP contribution in [0.4, 0.5) is 18.0 Å². The predicted molar refractivity (Wildman–Crippen MR) is 90.2 cm³/mol. The Hall–Kier alpha value is -2.38. The summed E-state index contributed by atoms with van der Waals surface area (Å²) < 4.78 is 65.5. The van der Waals surface area contributed by atoms with Crippen LogP contribution in [0.25, 0.3) is 0 Å². The van der Waals surface area contributed by atoms with E-state index in [0.717, 1.165) is 22.5 Å². The lowest BCUT2D eigenvalue weighted by atomic mass is 10.2. The number of carbonyl (C=O) groups excluding carboxylic acids is 3. The molecule has 0 saturated heterocycles. The number of nitrogens with zero attached hydrogens (tertiary/aromatic N) is 1. The molecule has 156 valence electrons. The number of hydrogen-bond donors (Lipinski definition) is 2. The van der Waals surface area contributed by atoms with Crippen LogP contribution in [0.2, 0.25) is 5.02 Å². The van der Waals surface area contributed by atoms with Gasteiger partial charge in [-0.25, -0.2) is 22.3 Å². The quantitative estimate of drug-likeness (QED) is 0.633. The van der Waals surface area contributed by atoms with Crippen molar-refractivity contribution in [2.45, 2.75) is 11.1 Å². The molecule has 0 aliphatic carbocycles. The fraction of sp³-hybridized carbons (Fsp3) is 0.357. The number of sulfonamides is 1. The highest BCUT2D eigenvalue weighted by molar-refractivity contribution is 7.89. The lowest BCUT2D eigenvalue weighted by Gasteiger charge is -2.13. The molecule has 0 spiro atoms. The van der Waals surface area contributed by atoms with Crippen LogP contribution in [0.15, 0.2) is 23.1 Å². The van der Waals surface area contributed by atoms with E-state index in [1.807, 2.05) is 0 Å². The van der Waals surface area contributed by atoms with E-state index < -0.39 is 47.3 Å². The van der Waals surface area contributed by atoms with Crippen LogP contribution in [0.5, 0.6) is 0 Å². The summed E-state index contributed by atoms with van der Waals surface area (Å²) in [5, 5.41) is 2.75. The van der Waals surface area contributed by atoms with Crippen molar-refractivity contribution in [3.05, 3.63) is 28.8 Å². The molecule has 2 N–H and O–H groups in total. The average Bonchev–Trinajstić information content (AvgIpc) is 2.57. The van der Waals surface area contributed by atoms with Gasteiger partial charge in [-0.1, -0.05) is 11.6 Å². The third-order valence-corrected chi connectivity index (χ3v) is 5.11. The maximum Gasteiger partial charge on any atom is 0.405 e. The van der Waals surface area contributed by atoms with Gasteiger partial charge in [0.2, 0.25) is 10.0 Å². The van der Waals surface area contributed by atoms with Crippen molar-refractivity contribution in [1.29, 1.82) is 0 Å². The first-order chi connectivity index (χ1) is 12.7. The third kappa shape index (κ3) is 6.98. The molecule has 0 bridgehead atoms. The second kappa shape index (κ2) is 9.21. The zero-order chi connectivity index (χ0) is 21.7. The number of amides is 3. The number of esters is 1. The predicted octanol–water partition coefficient (Wildman–Crippen LogP) is 1.14. The molecule has 0 aliphatic heterocycles. The molecule has 3 amide bonds. The minimum Gasteiger partial charge on any atom is -0.452 e. The topological polar surface area (TPSA) is 122 Å². The maximum absolute atomic E-state index is 12.1. The molecule has 0 saturated carbocycles. The largest absolute Gasteiger partial charge is 0.452 e. The molecule has 0 aromatic heterocycles. The first kappa shape index (κ1) is 23.7. The molecule has 0 fully saturated rings. The molecule has 0 atom stereocenters. The van der Waals surface area contributed by atoms with Crippen LogP contribution >= 0.6 is 11.6 Å². The van der Waals surface area contributed by atoms with Crippen LogP contribution in [-0.2, 0) is 19.6 Å². The van der Waals surface area contributed by atoms with Crippen LogP contribution in [0.3, 0.4) is 0 Å². The van der Waals surface area contributed by atoms with Gasteiger partial charge < -0.3 is 10.1 Å². The fourth-order valence-electron chi connectivity index (χ4n) is 1.63. The Kier molecular flexibility index (Phi) is 7.78. The van der Waals surface area contributed by atoms with E-state index in [0.29, 0.717) is 0 Å². The zero-order valence-electron chi connectivity index (χ0n) is 14.5. The van der Waals surface area contributed by atoms with Gasteiger partial charge in [0.25, 0.3) is 5.91 Å². The van der Waals surface area contributed by atoms with Crippen LogP contribution < -0.4 is 10.6 Å². The third-order valence-electron chi connectivity index (χ3n) is 2.97. The summed E-state index contributed by atoms with van der Waals surface area (Å²) in [5.74, 6) is -2.38. The highest BCUT2D eigenvalue weighted by atomic mass is 35.5. The van der Waals surface area contributed by atoms with Crippen molar-refractivity contribution in [2.75, 3.05) is 27.2 Å². The van der Waals surface area contributed by atoms with Gasteiger partial charge in [0.05, 0.1) is 15.5 Å². The van der Waals surface area contributed by atoms with Gasteiger partial charge in [-0.15, -0.1) is 0 Å². The van der Waals surface area contributed by atoms with Crippen LogP contribution in [0.1, 0.15) is 10.4 Å². The summed E-state index contributed by atoms with van der Waals surface area (Å²) in [5.41, 5.74) is -0.362. The molecule has 0 aliphatic rings. The Labute approximate surface area is 162 Å². The monoisotopic (exact) mass is 445 g/mol. The van der Waals surface area contributed by atoms with Crippen LogP contribution in [0, 0.1) is 0 Å². The number of nitrogens with one attached hydrogen (secondary N) is 2. The Morgan fingerprint density at radius 3 is 2.36 bits per heavy atom. The molecule has 1 aromatic rings. The van der Waals surface area contributed by atoms with Crippen molar-refractivity contribution in [3.8, 4) is 0 Å². The number of alkyl halides is 3. The van der Waals surface area contributed by atoms with E-state index in [-0.39, 0.29) is 15.5 Å². The van der Waals surface area contributed by atoms with E-state index in [2.05, 4.69) is 4.74 Å². The molecule has 1 rings (SSSR count). The Balaban J connectivity index is 2.73. The first-order valence-electron chi connectivity index (χ1n) is 7.27. The van der Waals surface area contributed by atoms with E-state index in [1.165, 1.54) is 24.7 Å². The summed E-state index contributed by atoms with van der Waals surface area (Å²) in [7, 11) is -1.32. The van der Waals surface area contributed by atoms with Crippen molar-refractivity contribution < 1.29 is 40.7 Å². The van der Waals surface area contributed by atoms with Gasteiger partial charge >= 0.3 is 18.2 Å².